The smallest absolute Gasteiger partial charge is 0.193 e. The average Bonchev–Trinajstić information content (AvgIpc) is 3.19. The summed E-state index contributed by atoms with van der Waals surface area (Å²) in [6.07, 6.45) is 3.76. The van der Waals surface area contributed by atoms with E-state index in [-0.39, 0.29) is 0 Å². The van der Waals surface area contributed by atoms with Crippen molar-refractivity contribution < 1.29 is 0 Å². The van der Waals surface area contributed by atoms with E-state index in [1.165, 1.54) is 36.0 Å². The fraction of sp³-hybridized carbons (Fsp3) is 0.588. The summed E-state index contributed by atoms with van der Waals surface area (Å²) in [5, 5.41) is 3.59. The zero-order valence-corrected chi connectivity index (χ0v) is 12.9. The second-order valence-corrected chi connectivity index (χ2v) is 6.43. The number of nitrogens with zero attached hydrogens (tertiary/aromatic N) is 2. The third kappa shape index (κ3) is 2.54. The van der Waals surface area contributed by atoms with E-state index in [1.54, 1.807) is 0 Å². The van der Waals surface area contributed by atoms with Crippen molar-refractivity contribution in [3.63, 3.8) is 0 Å². The number of hydrogen-bond acceptors (Lipinski definition) is 3. The molecule has 108 valence electrons. The molecule has 1 heterocycles. The lowest BCUT2D eigenvalue weighted by Gasteiger charge is -2.28. The van der Waals surface area contributed by atoms with Gasteiger partial charge in [0.1, 0.15) is 0 Å². The van der Waals surface area contributed by atoms with Crippen LogP contribution >= 0.6 is 0 Å². The molecule has 0 amide bonds. The first-order valence-electron chi connectivity index (χ1n) is 7.68. The lowest BCUT2D eigenvalue weighted by molar-refractivity contribution is 0.441. The van der Waals surface area contributed by atoms with Crippen LogP contribution in [0, 0.1) is 13.8 Å². The summed E-state index contributed by atoms with van der Waals surface area (Å²) in [5.41, 5.74) is 4.66. The minimum absolute atomic E-state index is 0.346. The molecule has 0 bridgehead atoms. The van der Waals surface area contributed by atoms with E-state index >= 15 is 0 Å². The first-order valence-corrected chi connectivity index (χ1v) is 7.68. The number of rotatable bonds is 3. The van der Waals surface area contributed by atoms with E-state index in [4.69, 9.17) is 0 Å². The minimum Gasteiger partial charge on any atom is -0.355 e. The van der Waals surface area contributed by atoms with E-state index in [1.807, 2.05) is 0 Å². The summed E-state index contributed by atoms with van der Waals surface area (Å²) in [6, 6.07) is 6.87. The average molecular weight is 271 g/mol. The lowest BCUT2D eigenvalue weighted by Crippen LogP contribution is -2.44. The predicted octanol–water partition coefficient (Wildman–Crippen LogP) is 2.62. The summed E-state index contributed by atoms with van der Waals surface area (Å²) in [5.74, 6) is 1.08. The van der Waals surface area contributed by atoms with Gasteiger partial charge in [0.15, 0.2) is 5.96 Å². The molecule has 2 aliphatic rings. The van der Waals surface area contributed by atoms with Gasteiger partial charge in [-0.1, -0.05) is 23.8 Å². The number of aliphatic imine (C=N–C) groups is 1. The molecule has 1 fully saturated rings. The van der Waals surface area contributed by atoms with E-state index < -0.39 is 0 Å². The Kier molecular flexibility index (Phi) is 3.45. The highest BCUT2D eigenvalue weighted by atomic mass is 15.3. The quantitative estimate of drug-likeness (QED) is 0.915. The molecule has 1 aromatic rings. The Morgan fingerprint density at radius 2 is 2.10 bits per heavy atom. The minimum atomic E-state index is 0.346. The van der Waals surface area contributed by atoms with Crippen LogP contribution in [0.5, 0.6) is 0 Å². The summed E-state index contributed by atoms with van der Waals surface area (Å²) in [7, 11) is 2.13. The van der Waals surface area contributed by atoms with Crippen LogP contribution in [-0.4, -0.2) is 37.5 Å². The topological polar surface area (TPSA) is 27.6 Å². The van der Waals surface area contributed by atoms with Gasteiger partial charge in [0.05, 0.1) is 0 Å². The normalized spacial score (nSPS) is 20.6. The largest absolute Gasteiger partial charge is 0.355 e. The molecule has 1 N–H and O–H groups in total. The zero-order valence-electron chi connectivity index (χ0n) is 12.9. The van der Waals surface area contributed by atoms with Gasteiger partial charge in [-0.05, 0) is 44.2 Å². The van der Waals surface area contributed by atoms with Crippen LogP contribution in [0.2, 0.25) is 0 Å². The van der Waals surface area contributed by atoms with E-state index in [0.29, 0.717) is 5.41 Å². The SMILES string of the molecule is Cc1ccc(C2(CNC3=NCCCN3C)CC2)c(C)c1. The highest BCUT2D eigenvalue weighted by molar-refractivity contribution is 5.80. The van der Waals surface area contributed by atoms with Crippen molar-refractivity contribution in [2.45, 2.75) is 38.5 Å². The van der Waals surface area contributed by atoms with E-state index in [2.05, 4.69) is 54.3 Å². The molecule has 0 aromatic heterocycles. The molecule has 20 heavy (non-hydrogen) atoms. The summed E-state index contributed by atoms with van der Waals surface area (Å²) < 4.78 is 0. The lowest BCUT2D eigenvalue weighted by atomic mass is 9.91. The maximum Gasteiger partial charge on any atom is 0.193 e. The molecule has 0 radical (unpaired) electrons. The molecule has 3 heteroatoms. The number of aryl methyl sites for hydroxylation is 2. The monoisotopic (exact) mass is 271 g/mol. The van der Waals surface area contributed by atoms with E-state index in [0.717, 1.165) is 25.6 Å². The van der Waals surface area contributed by atoms with Crippen LogP contribution in [0.3, 0.4) is 0 Å². The first-order chi connectivity index (χ1) is 9.61. The number of nitrogens with one attached hydrogen (secondary N) is 1. The first kappa shape index (κ1) is 13.5. The molecule has 3 rings (SSSR count). The molecule has 1 aromatic carbocycles. The van der Waals surface area contributed by atoms with Gasteiger partial charge in [-0.25, -0.2) is 0 Å². The van der Waals surface area contributed by atoms with Gasteiger partial charge in [-0.2, -0.15) is 0 Å². The molecular weight excluding hydrogens is 246 g/mol. The molecule has 1 aliphatic carbocycles. The molecule has 0 unspecified atom stereocenters. The molecule has 0 spiro atoms. The summed E-state index contributed by atoms with van der Waals surface area (Å²) in [4.78, 5) is 6.84. The summed E-state index contributed by atoms with van der Waals surface area (Å²) >= 11 is 0. The van der Waals surface area contributed by atoms with Gasteiger partial charge >= 0.3 is 0 Å². The fourth-order valence-corrected chi connectivity index (χ4v) is 3.26. The second kappa shape index (κ2) is 5.12. The Labute approximate surface area is 122 Å². The van der Waals surface area contributed by atoms with Crippen molar-refractivity contribution in [1.82, 2.24) is 10.2 Å². The zero-order chi connectivity index (χ0) is 14.2. The van der Waals surface area contributed by atoms with Crippen molar-refractivity contribution in [3.05, 3.63) is 34.9 Å². The number of guanidine groups is 1. The van der Waals surface area contributed by atoms with Crippen LogP contribution < -0.4 is 5.32 Å². The Bertz CT molecular complexity index is 529. The second-order valence-electron chi connectivity index (χ2n) is 6.43. The van der Waals surface area contributed by atoms with Gasteiger partial charge in [0.25, 0.3) is 0 Å². The van der Waals surface area contributed by atoms with Crippen LogP contribution in [-0.2, 0) is 5.41 Å². The van der Waals surface area contributed by atoms with Gasteiger partial charge in [0.2, 0.25) is 0 Å². The van der Waals surface area contributed by atoms with Crippen molar-refractivity contribution in [2.24, 2.45) is 4.99 Å². The maximum absolute atomic E-state index is 4.60. The van der Waals surface area contributed by atoms with Crippen molar-refractivity contribution >= 4 is 5.96 Å². The van der Waals surface area contributed by atoms with Gasteiger partial charge in [0, 0.05) is 32.1 Å². The maximum atomic E-state index is 4.60. The molecule has 1 saturated carbocycles. The molecule has 1 aliphatic heterocycles. The van der Waals surface area contributed by atoms with Crippen LogP contribution in [0.25, 0.3) is 0 Å². The molecule has 0 saturated heterocycles. The Morgan fingerprint density at radius 3 is 2.75 bits per heavy atom. The number of benzene rings is 1. The van der Waals surface area contributed by atoms with Crippen LogP contribution in [0.1, 0.15) is 36.0 Å². The third-order valence-corrected chi connectivity index (χ3v) is 4.67. The van der Waals surface area contributed by atoms with E-state index in [9.17, 15) is 0 Å². The van der Waals surface area contributed by atoms with Crippen LogP contribution in [0.15, 0.2) is 23.2 Å². The van der Waals surface area contributed by atoms with Crippen LogP contribution in [0.4, 0.5) is 0 Å². The summed E-state index contributed by atoms with van der Waals surface area (Å²) in [6.45, 7) is 7.50. The molecule has 0 atom stereocenters. The fourth-order valence-electron chi connectivity index (χ4n) is 3.26. The molecule has 3 nitrogen and oxygen atoms in total. The Morgan fingerprint density at radius 1 is 1.30 bits per heavy atom. The number of hydrogen-bond donors (Lipinski definition) is 1. The third-order valence-electron chi connectivity index (χ3n) is 4.67. The highest BCUT2D eigenvalue weighted by Crippen LogP contribution is 2.48. The molecular formula is C17H25N3. The van der Waals surface area contributed by atoms with Gasteiger partial charge in [-0.3, -0.25) is 4.99 Å². The Balaban J connectivity index is 1.72. The highest BCUT2D eigenvalue weighted by Gasteiger charge is 2.45. The predicted molar refractivity (Wildman–Crippen MR) is 84.4 cm³/mol. The Hall–Kier alpha value is -1.51. The van der Waals surface area contributed by atoms with Crippen molar-refractivity contribution in [2.75, 3.05) is 26.7 Å². The van der Waals surface area contributed by atoms with Crippen molar-refractivity contribution in [3.8, 4) is 0 Å². The standard InChI is InChI=1S/C17H25N3/c1-13-5-6-15(14(2)11-13)17(7-8-17)12-19-16-18-9-4-10-20(16)3/h5-6,11H,4,7-10,12H2,1-3H3,(H,18,19). The van der Waals surface area contributed by atoms with Gasteiger partial charge < -0.3 is 10.2 Å². The van der Waals surface area contributed by atoms with Gasteiger partial charge in [-0.15, -0.1) is 0 Å². The van der Waals surface area contributed by atoms with Crippen molar-refractivity contribution in [1.29, 1.82) is 0 Å².